The van der Waals surface area contributed by atoms with Gasteiger partial charge < -0.3 is 10.3 Å². The summed E-state index contributed by atoms with van der Waals surface area (Å²) in [7, 11) is 0. The highest BCUT2D eigenvalue weighted by Gasteiger charge is 2.40. The number of likely N-dealkylation sites (tertiary alicyclic amines) is 1. The van der Waals surface area contributed by atoms with Crippen LogP contribution in [0.4, 0.5) is 0 Å². The van der Waals surface area contributed by atoms with Crippen LogP contribution in [-0.2, 0) is 16.0 Å². The van der Waals surface area contributed by atoms with Gasteiger partial charge in [-0.3, -0.25) is 14.5 Å². The van der Waals surface area contributed by atoms with E-state index in [9.17, 15) is 9.59 Å². The predicted octanol–water partition coefficient (Wildman–Crippen LogP) is 3.93. The van der Waals surface area contributed by atoms with Crippen molar-refractivity contribution in [2.24, 2.45) is 0 Å². The third-order valence-electron chi connectivity index (χ3n) is 6.70. The van der Waals surface area contributed by atoms with Crippen LogP contribution in [0.15, 0.2) is 24.4 Å². The number of aromatic nitrogens is 1. The van der Waals surface area contributed by atoms with Gasteiger partial charge in [0.2, 0.25) is 5.91 Å². The van der Waals surface area contributed by atoms with Gasteiger partial charge in [-0.1, -0.05) is 26.0 Å². The van der Waals surface area contributed by atoms with E-state index in [-0.39, 0.29) is 17.7 Å². The van der Waals surface area contributed by atoms with Crippen LogP contribution in [0.1, 0.15) is 69.4 Å². The van der Waals surface area contributed by atoms with E-state index in [1.54, 1.807) is 0 Å². The molecule has 1 aliphatic heterocycles. The van der Waals surface area contributed by atoms with E-state index < -0.39 is 0 Å². The maximum Gasteiger partial charge on any atom is 0.220 e. The van der Waals surface area contributed by atoms with Crippen molar-refractivity contribution in [1.82, 2.24) is 15.2 Å². The van der Waals surface area contributed by atoms with Crippen LogP contribution < -0.4 is 5.32 Å². The van der Waals surface area contributed by atoms with Crippen LogP contribution in [0.25, 0.3) is 10.9 Å². The summed E-state index contributed by atoms with van der Waals surface area (Å²) in [5.74, 6) is 0.782. The molecule has 2 aromatic rings. The molecule has 1 aliphatic carbocycles. The van der Waals surface area contributed by atoms with Gasteiger partial charge in [0, 0.05) is 60.9 Å². The van der Waals surface area contributed by atoms with Gasteiger partial charge in [-0.2, -0.15) is 0 Å². The Kier molecular flexibility index (Phi) is 6.04. The van der Waals surface area contributed by atoms with Gasteiger partial charge in [0.1, 0.15) is 5.78 Å². The molecular formula is C24H33N3O2. The van der Waals surface area contributed by atoms with Gasteiger partial charge in [0.25, 0.3) is 0 Å². The van der Waals surface area contributed by atoms with Gasteiger partial charge in [0.15, 0.2) is 0 Å². The summed E-state index contributed by atoms with van der Waals surface area (Å²) in [6, 6.07) is 7.28. The first kappa shape index (κ1) is 20.1. The van der Waals surface area contributed by atoms with Gasteiger partial charge in [-0.05, 0) is 49.4 Å². The van der Waals surface area contributed by atoms with Crippen LogP contribution in [0.2, 0.25) is 0 Å². The number of benzene rings is 1. The molecule has 3 atom stereocenters. The number of hydrogen-bond acceptors (Lipinski definition) is 3. The van der Waals surface area contributed by atoms with Crippen molar-refractivity contribution in [2.75, 3.05) is 13.1 Å². The molecule has 0 saturated carbocycles. The summed E-state index contributed by atoms with van der Waals surface area (Å²) >= 11 is 0. The van der Waals surface area contributed by atoms with E-state index in [1.807, 2.05) is 6.92 Å². The molecule has 29 heavy (non-hydrogen) atoms. The highest BCUT2D eigenvalue weighted by Crippen LogP contribution is 2.43. The van der Waals surface area contributed by atoms with E-state index in [0.717, 1.165) is 32.4 Å². The lowest BCUT2D eigenvalue weighted by molar-refractivity contribution is -0.122. The minimum atomic E-state index is 0.0881. The normalized spacial score (nSPS) is 23.7. The third kappa shape index (κ3) is 4.11. The molecule has 1 aromatic heterocycles. The number of nitrogens with one attached hydrogen (secondary N) is 2. The van der Waals surface area contributed by atoms with Crippen molar-refractivity contribution in [3.63, 3.8) is 0 Å². The highest BCUT2D eigenvalue weighted by atomic mass is 16.1. The first-order chi connectivity index (χ1) is 14.1. The topological polar surface area (TPSA) is 65.2 Å². The van der Waals surface area contributed by atoms with E-state index >= 15 is 0 Å². The molecule has 5 heteroatoms. The lowest BCUT2D eigenvalue weighted by Crippen LogP contribution is -2.56. The zero-order chi connectivity index (χ0) is 20.4. The average molecular weight is 396 g/mol. The Morgan fingerprint density at radius 2 is 2.10 bits per heavy atom. The standard InChI is InChI=1S/C24H33N3O2/c1-3-11-27-15-17(26-23(29)10-5-7-18(28)4-2)13-20-19-8-6-9-21-24(19)16(14-25-21)12-22(20)27/h6,8-9,14,17,20,22,25H,3-5,7,10-13,15H2,1-2H3,(H,26,29)/t17?,20?,22-/m1/s1. The molecular weight excluding hydrogens is 362 g/mol. The summed E-state index contributed by atoms with van der Waals surface area (Å²) in [6.45, 7) is 6.09. The van der Waals surface area contributed by atoms with Crippen LogP contribution in [0.5, 0.6) is 0 Å². The van der Waals surface area contributed by atoms with E-state index in [2.05, 4.69) is 46.5 Å². The molecule has 2 aliphatic rings. The van der Waals surface area contributed by atoms with E-state index in [0.29, 0.717) is 37.6 Å². The summed E-state index contributed by atoms with van der Waals surface area (Å²) in [4.78, 5) is 30.0. The minimum absolute atomic E-state index is 0.0881. The predicted molar refractivity (Wildman–Crippen MR) is 116 cm³/mol. The number of piperidine rings is 1. The minimum Gasteiger partial charge on any atom is -0.361 e. The zero-order valence-electron chi connectivity index (χ0n) is 17.7. The molecule has 2 unspecified atom stereocenters. The van der Waals surface area contributed by atoms with Crippen molar-refractivity contribution < 1.29 is 9.59 Å². The summed E-state index contributed by atoms with van der Waals surface area (Å²) < 4.78 is 0. The molecule has 156 valence electrons. The van der Waals surface area contributed by atoms with Crippen molar-refractivity contribution in [3.05, 3.63) is 35.5 Å². The van der Waals surface area contributed by atoms with Crippen LogP contribution >= 0.6 is 0 Å². The molecule has 0 bridgehead atoms. The van der Waals surface area contributed by atoms with Crippen LogP contribution in [0.3, 0.4) is 0 Å². The Labute approximate surface area is 173 Å². The first-order valence-corrected chi connectivity index (χ1v) is 11.2. The summed E-state index contributed by atoms with van der Waals surface area (Å²) in [5.41, 5.74) is 4.09. The van der Waals surface area contributed by atoms with E-state index in [4.69, 9.17) is 0 Å². The number of carbonyl (C=O) groups is 2. The lowest BCUT2D eigenvalue weighted by atomic mass is 9.73. The average Bonchev–Trinajstić information content (AvgIpc) is 3.13. The Morgan fingerprint density at radius 1 is 1.24 bits per heavy atom. The van der Waals surface area contributed by atoms with Gasteiger partial charge in [-0.15, -0.1) is 0 Å². The molecule has 1 aromatic carbocycles. The van der Waals surface area contributed by atoms with Crippen LogP contribution in [-0.4, -0.2) is 46.7 Å². The van der Waals surface area contributed by atoms with Crippen molar-refractivity contribution >= 4 is 22.6 Å². The summed E-state index contributed by atoms with van der Waals surface area (Å²) in [5, 5.41) is 4.68. The van der Waals surface area contributed by atoms with Gasteiger partial charge >= 0.3 is 0 Å². The number of H-pyrrole nitrogens is 1. The molecule has 1 saturated heterocycles. The fourth-order valence-corrected chi connectivity index (χ4v) is 5.37. The van der Waals surface area contributed by atoms with Crippen molar-refractivity contribution in [2.45, 2.75) is 76.8 Å². The number of aromatic amines is 1. The number of hydrogen-bond donors (Lipinski definition) is 2. The molecule has 2 N–H and O–H groups in total. The molecule has 5 nitrogen and oxygen atoms in total. The number of fused-ring (bicyclic) bond motifs is 2. The molecule has 0 radical (unpaired) electrons. The summed E-state index contributed by atoms with van der Waals surface area (Å²) in [6.07, 6.45) is 7.55. The SMILES string of the molecule is CCCN1CC(NC(=O)CCCC(=O)CC)CC2c3cccc4[nH]cc(c34)C[C@H]21. The monoisotopic (exact) mass is 395 g/mol. The fourth-order valence-electron chi connectivity index (χ4n) is 5.37. The Bertz CT molecular complexity index is 887. The quantitative estimate of drug-likeness (QED) is 0.712. The highest BCUT2D eigenvalue weighted by molar-refractivity contribution is 5.88. The Morgan fingerprint density at radius 3 is 2.90 bits per heavy atom. The molecule has 0 spiro atoms. The number of amides is 1. The zero-order valence-corrected chi connectivity index (χ0v) is 17.7. The molecule has 4 rings (SSSR count). The van der Waals surface area contributed by atoms with Gasteiger partial charge in [-0.25, -0.2) is 0 Å². The van der Waals surface area contributed by atoms with Gasteiger partial charge in [0.05, 0.1) is 0 Å². The largest absolute Gasteiger partial charge is 0.361 e. The fraction of sp³-hybridized carbons (Fsp3) is 0.583. The second-order valence-corrected chi connectivity index (χ2v) is 8.70. The lowest BCUT2D eigenvalue weighted by Gasteiger charge is -2.47. The second kappa shape index (κ2) is 8.70. The molecule has 2 heterocycles. The number of Topliss-reactive ketones (excluding diaryl/α,β-unsaturated/α-hetero) is 1. The van der Waals surface area contributed by atoms with Crippen molar-refractivity contribution in [3.8, 4) is 0 Å². The second-order valence-electron chi connectivity index (χ2n) is 8.70. The number of carbonyl (C=O) groups excluding carboxylic acids is 2. The van der Waals surface area contributed by atoms with E-state index in [1.165, 1.54) is 22.0 Å². The number of ketones is 1. The van der Waals surface area contributed by atoms with Crippen LogP contribution in [0, 0.1) is 0 Å². The maximum absolute atomic E-state index is 12.5. The Hall–Kier alpha value is -2.14. The first-order valence-electron chi connectivity index (χ1n) is 11.2. The van der Waals surface area contributed by atoms with Crippen molar-refractivity contribution in [1.29, 1.82) is 0 Å². The molecule has 1 amide bonds. The smallest absolute Gasteiger partial charge is 0.220 e. The number of rotatable bonds is 8. The maximum atomic E-state index is 12.5. The number of nitrogens with zero attached hydrogens (tertiary/aromatic N) is 1. The Balaban J connectivity index is 1.48. The third-order valence-corrected chi connectivity index (χ3v) is 6.70. The molecule has 1 fully saturated rings.